The van der Waals surface area contributed by atoms with Crippen LogP contribution in [-0.2, 0) is 23.0 Å². The number of ether oxygens (including phenoxy) is 3. The summed E-state index contributed by atoms with van der Waals surface area (Å²) in [6, 6.07) is 3.11. The van der Waals surface area contributed by atoms with Crippen molar-refractivity contribution in [2.45, 2.75) is 32.1 Å². The lowest BCUT2D eigenvalue weighted by molar-refractivity contribution is 0.102. The summed E-state index contributed by atoms with van der Waals surface area (Å²) >= 11 is 1.28. The number of hydrogen-bond acceptors (Lipinski definition) is 8. The lowest BCUT2D eigenvalue weighted by Gasteiger charge is -2.26. The van der Waals surface area contributed by atoms with Gasteiger partial charge in [0.25, 0.3) is 5.91 Å². The molecule has 1 aromatic carbocycles. The van der Waals surface area contributed by atoms with Crippen LogP contribution in [0, 0.1) is 0 Å². The normalized spacial score (nSPS) is 14.3. The Hall–Kier alpha value is -2.37. The summed E-state index contributed by atoms with van der Waals surface area (Å²) < 4.78 is 42.2. The van der Waals surface area contributed by atoms with Gasteiger partial charge in [0, 0.05) is 30.0 Å². The van der Waals surface area contributed by atoms with Crippen molar-refractivity contribution >= 4 is 32.4 Å². The fourth-order valence-corrected chi connectivity index (χ4v) is 5.47. The summed E-state index contributed by atoms with van der Waals surface area (Å²) in [7, 11) is 1.11. The molecule has 0 bridgehead atoms. The van der Waals surface area contributed by atoms with E-state index in [1.54, 1.807) is 26.0 Å². The SMILES string of the molecule is COc1cc(C(=O)Nc2nc3c(s2)CN(S(=O)(=O)C(C)C)CC3)cc(OC)c1OC. The van der Waals surface area contributed by atoms with Gasteiger partial charge < -0.3 is 14.2 Å². The van der Waals surface area contributed by atoms with Crippen molar-refractivity contribution in [3.8, 4) is 17.2 Å². The molecule has 1 amide bonds. The molecule has 164 valence electrons. The fourth-order valence-electron chi connectivity index (χ4n) is 3.12. The van der Waals surface area contributed by atoms with Crippen molar-refractivity contribution < 1.29 is 27.4 Å². The molecule has 2 heterocycles. The van der Waals surface area contributed by atoms with Gasteiger partial charge in [0.05, 0.1) is 32.3 Å². The van der Waals surface area contributed by atoms with E-state index in [0.717, 1.165) is 10.6 Å². The number of nitrogens with one attached hydrogen (secondary N) is 1. The van der Waals surface area contributed by atoms with Crippen LogP contribution in [0.25, 0.3) is 0 Å². The number of nitrogens with zero attached hydrogens (tertiary/aromatic N) is 2. The summed E-state index contributed by atoms with van der Waals surface area (Å²) in [5.41, 5.74) is 1.14. The van der Waals surface area contributed by atoms with E-state index in [-0.39, 0.29) is 12.5 Å². The molecule has 1 aromatic heterocycles. The highest BCUT2D eigenvalue weighted by atomic mass is 32.2. The van der Waals surface area contributed by atoms with Crippen molar-refractivity contribution in [3.63, 3.8) is 0 Å². The molecule has 0 fully saturated rings. The Morgan fingerprint density at radius 3 is 2.33 bits per heavy atom. The first-order valence-corrected chi connectivity index (χ1v) is 11.6. The van der Waals surface area contributed by atoms with Crippen LogP contribution in [0.3, 0.4) is 0 Å². The number of hydrogen-bond donors (Lipinski definition) is 1. The van der Waals surface area contributed by atoms with Crippen LogP contribution in [0.15, 0.2) is 12.1 Å². The minimum Gasteiger partial charge on any atom is -0.493 e. The van der Waals surface area contributed by atoms with Crippen LogP contribution >= 0.6 is 11.3 Å². The van der Waals surface area contributed by atoms with E-state index in [2.05, 4.69) is 10.3 Å². The molecule has 0 aliphatic carbocycles. The van der Waals surface area contributed by atoms with Gasteiger partial charge in [0.1, 0.15) is 0 Å². The number of carbonyl (C=O) groups is 1. The van der Waals surface area contributed by atoms with Crippen molar-refractivity contribution in [1.82, 2.24) is 9.29 Å². The number of amides is 1. The molecule has 0 spiro atoms. The van der Waals surface area contributed by atoms with Gasteiger partial charge in [0.2, 0.25) is 15.8 Å². The van der Waals surface area contributed by atoms with E-state index in [0.29, 0.717) is 40.9 Å². The Kier molecular flexibility index (Phi) is 6.53. The second-order valence-electron chi connectivity index (χ2n) is 6.93. The number of benzene rings is 1. The highest BCUT2D eigenvalue weighted by Gasteiger charge is 2.31. The highest BCUT2D eigenvalue weighted by molar-refractivity contribution is 7.89. The molecule has 2 aromatic rings. The quantitative estimate of drug-likeness (QED) is 0.684. The third-order valence-electron chi connectivity index (χ3n) is 4.80. The molecule has 0 atom stereocenters. The molecule has 1 aliphatic heterocycles. The van der Waals surface area contributed by atoms with Crippen molar-refractivity contribution in [3.05, 3.63) is 28.3 Å². The van der Waals surface area contributed by atoms with E-state index in [1.807, 2.05) is 0 Å². The number of methoxy groups -OCH3 is 3. The Bertz CT molecular complexity index is 1020. The second kappa shape index (κ2) is 8.78. The van der Waals surface area contributed by atoms with Crippen LogP contribution in [0.4, 0.5) is 5.13 Å². The minimum atomic E-state index is -3.34. The third-order valence-corrected chi connectivity index (χ3v) is 8.02. The Morgan fingerprint density at radius 1 is 1.17 bits per heavy atom. The van der Waals surface area contributed by atoms with Gasteiger partial charge in [-0.1, -0.05) is 0 Å². The predicted molar refractivity (Wildman–Crippen MR) is 114 cm³/mol. The van der Waals surface area contributed by atoms with Gasteiger partial charge in [-0.3, -0.25) is 10.1 Å². The second-order valence-corrected chi connectivity index (χ2v) is 10.5. The van der Waals surface area contributed by atoms with E-state index >= 15 is 0 Å². The van der Waals surface area contributed by atoms with E-state index in [9.17, 15) is 13.2 Å². The van der Waals surface area contributed by atoms with Crippen LogP contribution in [0.2, 0.25) is 0 Å². The average molecular weight is 456 g/mol. The van der Waals surface area contributed by atoms with Crippen molar-refractivity contribution in [2.75, 3.05) is 33.2 Å². The maximum absolute atomic E-state index is 12.8. The number of rotatable bonds is 7. The fraction of sp³-hybridized carbons (Fsp3) is 0.474. The number of thiazole rings is 1. The maximum Gasteiger partial charge on any atom is 0.257 e. The van der Waals surface area contributed by atoms with Crippen LogP contribution in [0.5, 0.6) is 17.2 Å². The monoisotopic (exact) mass is 455 g/mol. The number of fused-ring (bicyclic) bond motifs is 1. The lowest BCUT2D eigenvalue weighted by Crippen LogP contribution is -2.39. The maximum atomic E-state index is 12.8. The van der Waals surface area contributed by atoms with Crippen LogP contribution < -0.4 is 19.5 Å². The Balaban J connectivity index is 1.81. The first-order valence-electron chi connectivity index (χ1n) is 9.30. The van der Waals surface area contributed by atoms with Gasteiger partial charge >= 0.3 is 0 Å². The highest BCUT2D eigenvalue weighted by Crippen LogP contribution is 2.38. The molecule has 3 rings (SSSR count). The Labute approximate surface area is 180 Å². The van der Waals surface area contributed by atoms with Crippen molar-refractivity contribution in [1.29, 1.82) is 0 Å². The minimum absolute atomic E-state index is 0.271. The zero-order valence-electron chi connectivity index (χ0n) is 17.5. The summed E-state index contributed by atoms with van der Waals surface area (Å²) in [6.07, 6.45) is 0.512. The molecule has 30 heavy (non-hydrogen) atoms. The molecular formula is C19H25N3O6S2. The summed E-state index contributed by atoms with van der Waals surface area (Å²) in [5, 5.41) is 2.72. The Morgan fingerprint density at radius 2 is 1.80 bits per heavy atom. The summed E-state index contributed by atoms with van der Waals surface area (Å²) in [4.78, 5) is 18.1. The van der Waals surface area contributed by atoms with Gasteiger partial charge in [-0.15, -0.1) is 11.3 Å². The predicted octanol–water partition coefficient (Wildman–Crippen LogP) is 2.52. The molecule has 11 heteroatoms. The first kappa shape index (κ1) is 22.3. The largest absolute Gasteiger partial charge is 0.493 e. The molecule has 9 nitrogen and oxygen atoms in total. The van der Waals surface area contributed by atoms with Crippen molar-refractivity contribution in [2.24, 2.45) is 0 Å². The molecule has 1 N–H and O–H groups in total. The molecule has 0 unspecified atom stereocenters. The molecule has 1 aliphatic rings. The average Bonchev–Trinajstić information content (AvgIpc) is 3.13. The summed E-state index contributed by atoms with van der Waals surface area (Å²) in [6.45, 7) is 3.99. The number of sulfonamides is 1. The van der Waals surface area contributed by atoms with Gasteiger partial charge in [-0.2, -0.15) is 4.31 Å². The third kappa shape index (κ3) is 4.23. The number of carbonyl (C=O) groups excluding carboxylic acids is 1. The van der Waals surface area contributed by atoms with Crippen LogP contribution in [0.1, 0.15) is 34.8 Å². The van der Waals surface area contributed by atoms with E-state index < -0.39 is 15.3 Å². The van der Waals surface area contributed by atoms with E-state index in [4.69, 9.17) is 14.2 Å². The molecule has 0 radical (unpaired) electrons. The molecular weight excluding hydrogens is 430 g/mol. The molecule has 0 saturated heterocycles. The van der Waals surface area contributed by atoms with Gasteiger partial charge in [0.15, 0.2) is 16.6 Å². The van der Waals surface area contributed by atoms with Crippen LogP contribution in [-0.4, -0.2) is 56.7 Å². The zero-order valence-corrected chi connectivity index (χ0v) is 19.1. The van der Waals surface area contributed by atoms with E-state index in [1.165, 1.54) is 37.0 Å². The summed E-state index contributed by atoms with van der Waals surface area (Å²) in [5.74, 6) is 0.754. The van der Waals surface area contributed by atoms with Gasteiger partial charge in [-0.25, -0.2) is 13.4 Å². The standard InChI is InChI=1S/C19H25N3O6S2/c1-11(2)30(24,25)22-7-6-13-16(10-22)29-19(20-13)21-18(23)12-8-14(26-3)17(28-5)15(9-12)27-4/h8-9,11H,6-7,10H2,1-5H3,(H,20,21,23). The topological polar surface area (TPSA) is 107 Å². The lowest BCUT2D eigenvalue weighted by atomic mass is 10.1. The zero-order chi connectivity index (χ0) is 22.1. The molecule has 0 saturated carbocycles. The first-order chi connectivity index (χ1) is 14.2. The smallest absolute Gasteiger partial charge is 0.257 e. The number of anilines is 1. The van der Waals surface area contributed by atoms with Gasteiger partial charge in [-0.05, 0) is 26.0 Å². The number of aromatic nitrogens is 1.